The largest absolute Gasteiger partial charge is 0.393 e. The molecule has 0 heterocycles. The van der Waals surface area contributed by atoms with E-state index >= 15 is 0 Å². The number of aliphatic hydroxyl groups excluding tert-OH is 1. The molecule has 0 aromatic rings. The lowest BCUT2D eigenvalue weighted by Gasteiger charge is -2.30. The van der Waals surface area contributed by atoms with Crippen LogP contribution in [0.4, 0.5) is 0 Å². The highest BCUT2D eigenvalue weighted by Gasteiger charge is 2.27. The highest BCUT2D eigenvalue weighted by Crippen LogP contribution is 2.34. The lowest BCUT2D eigenvalue weighted by molar-refractivity contribution is 0.107. The van der Waals surface area contributed by atoms with Gasteiger partial charge in [-0.3, -0.25) is 0 Å². The van der Waals surface area contributed by atoms with Gasteiger partial charge in [0, 0.05) is 12.1 Å². The van der Waals surface area contributed by atoms with E-state index < -0.39 is 0 Å². The first-order valence-corrected chi connectivity index (χ1v) is 7.49. The van der Waals surface area contributed by atoms with Gasteiger partial charge >= 0.3 is 0 Å². The second-order valence-corrected chi connectivity index (χ2v) is 6.98. The molecular weight excluding hydrogens is 210 g/mol. The van der Waals surface area contributed by atoms with Crippen LogP contribution in [-0.4, -0.2) is 23.3 Å². The summed E-state index contributed by atoms with van der Waals surface area (Å²) in [4.78, 5) is 0. The maximum atomic E-state index is 9.71. The Morgan fingerprint density at radius 3 is 2.47 bits per heavy atom. The Hall–Kier alpha value is -0.0800. The summed E-state index contributed by atoms with van der Waals surface area (Å²) in [6.45, 7) is 4.81. The summed E-state index contributed by atoms with van der Waals surface area (Å²) in [5.41, 5.74) is 0.544. The average molecular weight is 239 g/mol. The Bertz CT molecular complexity index is 239. The van der Waals surface area contributed by atoms with Crippen LogP contribution in [-0.2, 0) is 0 Å². The molecule has 2 rings (SSSR count). The van der Waals surface area contributed by atoms with Crippen molar-refractivity contribution in [3.8, 4) is 0 Å². The molecule has 0 aromatic carbocycles. The maximum Gasteiger partial charge on any atom is 0.0555 e. The van der Waals surface area contributed by atoms with E-state index in [9.17, 15) is 5.11 Å². The molecule has 2 N–H and O–H groups in total. The highest BCUT2D eigenvalue weighted by molar-refractivity contribution is 4.84. The number of hydrogen-bond donors (Lipinski definition) is 2. The van der Waals surface area contributed by atoms with Gasteiger partial charge in [-0.1, -0.05) is 20.3 Å². The first-order chi connectivity index (χ1) is 8.05. The number of nitrogens with one attached hydrogen (secondary N) is 1. The van der Waals surface area contributed by atoms with Gasteiger partial charge in [0.05, 0.1) is 6.10 Å². The third kappa shape index (κ3) is 4.26. The molecule has 2 heteroatoms. The molecule has 2 aliphatic rings. The van der Waals surface area contributed by atoms with E-state index in [0.29, 0.717) is 17.5 Å². The van der Waals surface area contributed by atoms with Crippen molar-refractivity contribution in [1.82, 2.24) is 5.32 Å². The summed E-state index contributed by atoms with van der Waals surface area (Å²) < 4.78 is 0. The van der Waals surface area contributed by atoms with Crippen LogP contribution in [0.15, 0.2) is 0 Å². The van der Waals surface area contributed by atoms with Gasteiger partial charge in [0.2, 0.25) is 0 Å². The monoisotopic (exact) mass is 239 g/mol. The second-order valence-electron chi connectivity index (χ2n) is 6.98. The van der Waals surface area contributed by atoms with E-state index in [2.05, 4.69) is 19.2 Å². The third-order valence-corrected chi connectivity index (χ3v) is 4.69. The lowest BCUT2D eigenvalue weighted by Crippen LogP contribution is -2.42. The van der Waals surface area contributed by atoms with Crippen LogP contribution < -0.4 is 5.32 Å². The lowest BCUT2D eigenvalue weighted by atomic mass is 9.85. The standard InChI is InChI=1S/C15H29NO/c1-15(2)9-4-6-12(8-10-15)16-13-5-3-7-14(17)11-13/h12-14,16-17H,3-11H2,1-2H3. The van der Waals surface area contributed by atoms with Crippen molar-refractivity contribution in [3.63, 3.8) is 0 Å². The minimum atomic E-state index is -0.0523. The molecule has 3 unspecified atom stereocenters. The Morgan fingerprint density at radius 1 is 0.941 bits per heavy atom. The van der Waals surface area contributed by atoms with E-state index in [1.807, 2.05) is 0 Å². The number of hydrogen-bond acceptors (Lipinski definition) is 2. The Morgan fingerprint density at radius 2 is 1.71 bits per heavy atom. The fourth-order valence-electron chi connectivity index (χ4n) is 3.48. The predicted octanol–water partition coefficient (Wildman–Crippen LogP) is 3.24. The van der Waals surface area contributed by atoms with Gasteiger partial charge < -0.3 is 10.4 Å². The molecule has 2 nitrogen and oxygen atoms in total. The molecule has 0 amide bonds. The molecule has 2 aliphatic carbocycles. The Labute approximate surface area is 106 Å². The van der Waals surface area contributed by atoms with Gasteiger partial charge in [0.1, 0.15) is 0 Å². The minimum Gasteiger partial charge on any atom is -0.393 e. The van der Waals surface area contributed by atoms with Crippen LogP contribution in [0.3, 0.4) is 0 Å². The maximum absolute atomic E-state index is 9.71. The predicted molar refractivity (Wildman–Crippen MR) is 72.1 cm³/mol. The van der Waals surface area contributed by atoms with Crippen LogP contribution in [0.2, 0.25) is 0 Å². The van der Waals surface area contributed by atoms with E-state index in [4.69, 9.17) is 0 Å². The molecule has 0 bridgehead atoms. The summed E-state index contributed by atoms with van der Waals surface area (Å²) in [6.07, 6.45) is 11.1. The minimum absolute atomic E-state index is 0.0523. The molecule has 0 spiro atoms. The molecule has 2 fully saturated rings. The first-order valence-electron chi connectivity index (χ1n) is 7.49. The van der Waals surface area contributed by atoms with Crippen LogP contribution in [0.25, 0.3) is 0 Å². The van der Waals surface area contributed by atoms with Crippen molar-refractivity contribution in [2.75, 3.05) is 0 Å². The normalized spacial score (nSPS) is 38.6. The molecule has 0 saturated heterocycles. The Kier molecular flexibility index (Phi) is 4.48. The topological polar surface area (TPSA) is 32.3 Å². The van der Waals surface area contributed by atoms with Crippen molar-refractivity contribution in [1.29, 1.82) is 0 Å². The van der Waals surface area contributed by atoms with Crippen LogP contribution in [0, 0.1) is 5.41 Å². The third-order valence-electron chi connectivity index (χ3n) is 4.69. The molecule has 0 aromatic heterocycles. The molecule has 3 atom stereocenters. The fourth-order valence-corrected chi connectivity index (χ4v) is 3.48. The van der Waals surface area contributed by atoms with Gasteiger partial charge in [-0.05, 0) is 56.8 Å². The van der Waals surface area contributed by atoms with E-state index in [1.54, 1.807) is 0 Å². The van der Waals surface area contributed by atoms with Crippen LogP contribution in [0.1, 0.15) is 71.6 Å². The average Bonchev–Trinajstić information content (AvgIpc) is 2.41. The van der Waals surface area contributed by atoms with Crippen molar-refractivity contribution in [2.24, 2.45) is 5.41 Å². The van der Waals surface area contributed by atoms with E-state index in [-0.39, 0.29) is 6.10 Å². The SMILES string of the molecule is CC1(C)CCCC(NC2CCCC(O)C2)CC1. The smallest absolute Gasteiger partial charge is 0.0555 e. The van der Waals surface area contributed by atoms with Gasteiger partial charge in [0.15, 0.2) is 0 Å². The summed E-state index contributed by atoms with van der Waals surface area (Å²) in [6, 6.07) is 1.28. The van der Waals surface area contributed by atoms with Gasteiger partial charge in [-0.2, -0.15) is 0 Å². The highest BCUT2D eigenvalue weighted by atomic mass is 16.3. The summed E-state index contributed by atoms with van der Waals surface area (Å²) >= 11 is 0. The zero-order chi connectivity index (χ0) is 12.3. The van der Waals surface area contributed by atoms with Gasteiger partial charge in [-0.25, -0.2) is 0 Å². The first kappa shape index (κ1) is 13.4. The van der Waals surface area contributed by atoms with Crippen molar-refractivity contribution < 1.29 is 5.11 Å². The van der Waals surface area contributed by atoms with E-state index in [0.717, 1.165) is 12.8 Å². The molecule has 0 aliphatic heterocycles. The van der Waals surface area contributed by atoms with Crippen LogP contribution >= 0.6 is 0 Å². The molecule has 100 valence electrons. The molecule has 0 radical (unpaired) electrons. The molecule has 17 heavy (non-hydrogen) atoms. The van der Waals surface area contributed by atoms with Crippen molar-refractivity contribution >= 4 is 0 Å². The zero-order valence-corrected chi connectivity index (χ0v) is 11.5. The fraction of sp³-hybridized carbons (Fsp3) is 1.00. The van der Waals surface area contributed by atoms with Crippen molar-refractivity contribution in [3.05, 3.63) is 0 Å². The van der Waals surface area contributed by atoms with Crippen LogP contribution in [0.5, 0.6) is 0 Å². The number of rotatable bonds is 2. The summed E-state index contributed by atoms with van der Waals surface area (Å²) in [5, 5.41) is 13.5. The Balaban J connectivity index is 1.78. The quantitative estimate of drug-likeness (QED) is 0.725. The number of aliphatic hydroxyl groups is 1. The van der Waals surface area contributed by atoms with Gasteiger partial charge in [0.25, 0.3) is 0 Å². The molecule has 2 saturated carbocycles. The zero-order valence-electron chi connectivity index (χ0n) is 11.5. The molecular formula is C15H29NO. The summed E-state index contributed by atoms with van der Waals surface area (Å²) in [7, 11) is 0. The van der Waals surface area contributed by atoms with E-state index in [1.165, 1.54) is 44.9 Å². The van der Waals surface area contributed by atoms with Crippen molar-refractivity contribution in [2.45, 2.75) is 89.8 Å². The second kappa shape index (κ2) is 5.71. The van der Waals surface area contributed by atoms with Gasteiger partial charge in [-0.15, -0.1) is 0 Å². The summed E-state index contributed by atoms with van der Waals surface area (Å²) in [5.74, 6) is 0.